The van der Waals surface area contributed by atoms with Crippen molar-refractivity contribution in [3.8, 4) is 0 Å². The van der Waals surface area contributed by atoms with Crippen LogP contribution in [0, 0.1) is 5.92 Å². The molecule has 1 atom stereocenters. The highest BCUT2D eigenvalue weighted by Gasteiger charge is 2.26. The van der Waals surface area contributed by atoms with Gasteiger partial charge in [-0.1, -0.05) is 12.1 Å². The van der Waals surface area contributed by atoms with Crippen LogP contribution in [-0.2, 0) is 16.1 Å². The number of likely N-dealkylation sites (N-methyl/N-ethyl adjacent to an activating group) is 1. The summed E-state index contributed by atoms with van der Waals surface area (Å²) in [7, 11) is 3.92. The van der Waals surface area contributed by atoms with Crippen LogP contribution in [0.4, 0.5) is 0 Å². The molecule has 1 aliphatic heterocycles. The van der Waals surface area contributed by atoms with E-state index in [0.717, 1.165) is 24.9 Å². The minimum Gasteiger partial charge on any atom is -0.381 e. The Hall–Kier alpha value is -1.38. The number of hydrogen-bond donors (Lipinski definition) is 3. The number of benzene rings is 1. The highest BCUT2D eigenvalue weighted by Crippen LogP contribution is 2.17. The Morgan fingerprint density at radius 2 is 1.89 bits per heavy atom. The summed E-state index contributed by atoms with van der Waals surface area (Å²) < 4.78 is 5.31. The number of nitrogens with one attached hydrogen (secondary N) is 2. The van der Waals surface area contributed by atoms with E-state index in [1.54, 1.807) is 12.1 Å². The molecule has 2 rings (SSSR count). The zero-order valence-electron chi connectivity index (χ0n) is 16.5. The third kappa shape index (κ3) is 8.75. The summed E-state index contributed by atoms with van der Waals surface area (Å²) in [5.41, 5.74) is 7.54. The van der Waals surface area contributed by atoms with Crippen LogP contribution in [0.3, 0.4) is 0 Å². The Labute approximate surface area is 179 Å². The number of ether oxygens (including phenoxy) is 1. The van der Waals surface area contributed by atoms with Gasteiger partial charge < -0.3 is 26.0 Å². The second-order valence-electron chi connectivity index (χ2n) is 6.95. The van der Waals surface area contributed by atoms with E-state index in [0.29, 0.717) is 31.9 Å². The molecule has 0 aliphatic carbocycles. The lowest BCUT2D eigenvalue weighted by molar-refractivity contribution is -0.124. The molecule has 1 aliphatic rings. The first-order valence-electron chi connectivity index (χ1n) is 9.10. The van der Waals surface area contributed by atoms with Gasteiger partial charge in [0.2, 0.25) is 5.91 Å². The predicted molar refractivity (Wildman–Crippen MR) is 115 cm³/mol. The highest BCUT2D eigenvalue weighted by molar-refractivity contribution is 5.94. The van der Waals surface area contributed by atoms with Crippen LogP contribution in [0.1, 0.15) is 28.8 Å². The van der Waals surface area contributed by atoms with Gasteiger partial charge in [-0.05, 0) is 50.6 Å². The van der Waals surface area contributed by atoms with Crippen LogP contribution in [0.2, 0.25) is 0 Å². The number of carbonyl (C=O) groups is 2. The van der Waals surface area contributed by atoms with Gasteiger partial charge in [-0.15, -0.1) is 24.8 Å². The Morgan fingerprint density at radius 3 is 2.54 bits per heavy atom. The van der Waals surface area contributed by atoms with Crippen molar-refractivity contribution in [2.75, 3.05) is 40.4 Å². The molecule has 28 heavy (non-hydrogen) atoms. The van der Waals surface area contributed by atoms with Crippen molar-refractivity contribution >= 4 is 36.6 Å². The Morgan fingerprint density at radius 1 is 1.21 bits per heavy atom. The van der Waals surface area contributed by atoms with Crippen molar-refractivity contribution in [1.82, 2.24) is 15.5 Å². The third-order valence-electron chi connectivity index (χ3n) is 4.58. The van der Waals surface area contributed by atoms with E-state index < -0.39 is 6.04 Å². The van der Waals surface area contributed by atoms with Crippen molar-refractivity contribution in [2.24, 2.45) is 11.7 Å². The standard InChI is InChI=1S/C19H30N4O3.2ClH/c1-23(2)9-8-21-18(24)16-5-3-4-14(12-16)13-22-19(25)17(20)15-6-10-26-11-7-15;;/h3-5,12,15,17H,6-11,13,20H2,1-2H3,(H,21,24)(H,22,25);2*1H. The van der Waals surface area contributed by atoms with E-state index >= 15 is 0 Å². The van der Waals surface area contributed by atoms with Crippen molar-refractivity contribution in [1.29, 1.82) is 0 Å². The molecule has 1 aromatic rings. The number of amides is 2. The Balaban J connectivity index is 0.00000364. The van der Waals surface area contributed by atoms with E-state index in [9.17, 15) is 9.59 Å². The number of halogens is 2. The summed E-state index contributed by atoms with van der Waals surface area (Å²) in [6.07, 6.45) is 1.63. The summed E-state index contributed by atoms with van der Waals surface area (Å²) >= 11 is 0. The number of carbonyl (C=O) groups excluding carboxylic acids is 2. The molecule has 1 unspecified atom stereocenters. The maximum Gasteiger partial charge on any atom is 0.251 e. The zero-order chi connectivity index (χ0) is 18.9. The van der Waals surface area contributed by atoms with Crippen LogP contribution in [0.15, 0.2) is 24.3 Å². The lowest BCUT2D eigenvalue weighted by Gasteiger charge is -2.26. The third-order valence-corrected chi connectivity index (χ3v) is 4.58. The molecule has 1 saturated heterocycles. The molecule has 0 spiro atoms. The second-order valence-corrected chi connectivity index (χ2v) is 6.95. The molecule has 160 valence electrons. The predicted octanol–water partition coefficient (Wildman–Crippen LogP) is 1.19. The molecule has 7 nitrogen and oxygen atoms in total. The minimum atomic E-state index is -0.517. The van der Waals surface area contributed by atoms with Crippen LogP contribution in [0.5, 0.6) is 0 Å². The smallest absolute Gasteiger partial charge is 0.251 e. The molecule has 1 fully saturated rings. The molecule has 2 amide bonds. The van der Waals surface area contributed by atoms with Gasteiger partial charge in [0.25, 0.3) is 5.91 Å². The van der Waals surface area contributed by atoms with Gasteiger partial charge in [-0.2, -0.15) is 0 Å². The molecular formula is C19H32Cl2N4O3. The van der Waals surface area contributed by atoms with E-state index in [4.69, 9.17) is 10.5 Å². The van der Waals surface area contributed by atoms with Crippen LogP contribution in [0.25, 0.3) is 0 Å². The van der Waals surface area contributed by atoms with Gasteiger partial charge in [0.15, 0.2) is 0 Å². The van der Waals surface area contributed by atoms with Crippen LogP contribution >= 0.6 is 24.8 Å². The molecule has 0 radical (unpaired) electrons. The topological polar surface area (TPSA) is 96.7 Å². The van der Waals surface area contributed by atoms with Gasteiger partial charge in [0, 0.05) is 38.4 Å². The van der Waals surface area contributed by atoms with E-state index in [1.165, 1.54) is 0 Å². The summed E-state index contributed by atoms with van der Waals surface area (Å²) in [5.74, 6) is -0.103. The van der Waals surface area contributed by atoms with Crippen LogP contribution < -0.4 is 16.4 Å². The first kappa shape index (κ1) is 26.6. The van der Waals surface area contributed by atoms with Crippen molar-refractivity contribution < 1.29 is 14.3 Å². The number of hydrogen-bond acceptors (Lipinski definition) is 5. The average Bonchev–Trinajstić information content (AvgIpc) is 2.66. The summed E-state index contributed by atoms with van der Waals surface area (Å²) in [5, 5.41) is 5.76. The summed E-state index contributed by atoms with van der Waals surface area (Å²) in [6, 6.07) is 6.75. The Bertz CT molecular complexity index is 611. The molecule has 9 heteroatoms. The quantitative estimate of drug-likeness (QED) is 0.570. The zero-order valence-corrected chi connectivity index (χ0v) is 18.1. The van der Waals surface area contributed by atoms with Gasteiger partial charge in [-0.25, -0.2) is 0 Å². The molecular weight excluding hydrogens is 403 g/mol. The van der Waals surface area contributed by atoms with Crippen molar-refractivity contribution in [2.45, 2.75) is 25.4 Å². The van der Waals surface area contributed by atoms with Gasteiger partial charge in [-0.3, -0.25) is 9.59 Å². The lowest BCUT2D eigenvalue weighted by atomic mass is 9.92. The fraction of sp³-hybridized carbons (Fsp3) is 0.579. The largest absolute Gasteiger partial charge is 0.381 e. The van der Waals surface area contributed by atoms with Crippen molar-refractivity contribution in [3.63, 3.8) is 0 Å². The van der Waals surface area contributed by atoms with Crippen LogP contribution in [-0.4, -0.2) is 63.2 Å². The molecule has 1 heterocycles. The first-order chi connectivity index (χ1) is 12.5. The lowest BCUT2D eigenvalue weighted by Crippen LogP contribution is -2.46. The highest BCUT2D eigenvalue weighted by atomic mass is 35.5. The minimum absolute atomic E-state index is 0. The van der Waals surface area contributed by atoms with E-state index in [1.807, 2.05) is 31.1 Å². The maximum absolute atomic E-state index is 12.3. The number of nitrogens with two attached hydrogens (primary N) is 1. The SMILES string of the molecule is CN(C)CCNC(=O)c1cccc(CNC(=O)C(N)C2CCOCC2)c1.Cl.Cl. The van der Waals surface area contributed by atoms with E-state index in [2.05, 4.69) is 10.6 Å². The molecule has 0 aromatic heterocycles. The number of rotatable bonds is 8. The van der Waals surface area contributed by atoms with Gasteiger partial charge in [0.1, 0.15) is 0 Å². The average molecular weight is 435 g/mol. The first-order valence-corrected chi connectivity index (χ1v) is 9.10. The summed E-state index contributed by atoms with van der Waals surface area (Å²) in [6.45, 7) is 3.06. The van der Waals surface area contributed by atoms with Crippen molar-refractivity contribution in [3.05, 3.63) is 35.4 Å². The number of nitrogens with zero attached hydrogens (tertiary/aromatic N) is 1. The monoisotopic (exact) mass is 434 g/mol. The van der Waals surface area contributed by atoms with Gasteiger partial charge >= 0.3 is 0 Å². The second kappa shape index (κ2) is 13.7. The molecule has 0 bridgehead atoms. The van der Waals surface area contributed by atoms with E-state index in [-0.39, 0.29) is 42.5 Å². The van der Waals surface area contributed by atoms with Gasteiger partial charge in [0.05, 0.1) is 6.04 Å². The Kier molecular flexibility index (Phi) is 13.1. The fourth-order valence-electron chi connectivity index (χ4n) is 2.91. The fourth-order valence-corrected chi connectivity index (χ4v) is 2.91. The summed E-state index contributed by atoms with van der Waals surface area (Å²) in [4.78, 5) is 26.5. The molecule has 0 saturated carbocycles. The molecule has 1 aromatic carbocycles. The maximum atomic E-state index is 12.3. The molecule has 4 N–H and O–H groups in total. The normalized spacial score (nSPS) is 15.1.